The van der Waals surface area contributed by atoms with Crippen LogP contribution in [-0.2, 0) is 21.4 Å². The van der Waals surface area contributed by atoms with Crippen LogP contribution in [0.5, 0.6) is 0 Å². The number of rotatable bonds is 5. The molecule has 1 aromatic heterocycles. The molecular weight excluding hydrogens is 498 g/mol. The first kappa shape index (κ1) is 26.3. The Morgan fingerprint density at radius 1 is 1.09 bits per heavy atom. The van der Waals surface area contributed by atoms with Crippen LogP contribution in [-0.4, -0.2) is 59.8 Å². The van der Waals surface area contributed by atoms with Gasteiger partial charge in [0.05, 0.1) is 5.52 Å². The van der Waals surface area contributed by atoms with E-state index in [4.69, 9.17) is 4.74 Å². The third-order valence-corrected chi connectivity index (χ3v) is 6.94. The zero-order valence-corrected chi connectivity index (χ0v) is 22.3. The van der Waals surface area contributed by atoms with Gasteiger partial charge in [0, 0.05) is 42.1 Å². The van der Waals surface area contributed by atoms with E-state index in [0.29, 0.717) is 5.52 Å². The number of carbonyl (C=O) groups excluding carboxylic acids is 2. The minimum atomic E-state index is -4.06. The SMILES string of the molecule is CN(C)S(=O)(=O)N(CCc1cn(C(=O)C(C)(C)C)c2cc(Br)ccc12)C(=O)OC(C)(C)C. The van der Waals surface area contributed by atoms with Gasteiger partial charge in [-0.05, 0) is 44.9 Å². The average Bonchev–Trinajstić information content (AvgIpc) is 2.96. The van der Waals surface area contributed by atoms with E-state index >= 15 is 0 Å². The summed E-state index contributed by atoms with van der Waals surface area (Å²) >= 11 is 3.45. The molecule has 0 saturated carbocycles. The predicted octanol–water partition coefficient (Wildman–Crippen LogP) is 4.68. The molecule has 0 radical (unpaired) electrons. The first-order valence-electron chi connectivity index (χ1n) is 10.2. The van der Waals surface area contributed by atoms with Gasteiger partial charge in [0.15, 0.2) is 0 Å². The maximum Gasteiger partial charge on any atom is 0.425 e. The monoisotopic (exact) mass is 529 g/mol. The van der Waals surface area contributed by atoms with Crippen LogP contribution in [0.4, 0.5) is 4.79 Å². The smallest absolute Gasteiger partial charge is 0.425 e. The van der Waals surface area contributed by atoms with Crippen molar-refractivity contribution in [3.63, 3.8) is 0 Å². The molecule has 2 rings (SSSR count). The molecule has 0 unspecified atom stereocenters. The summed E-state index contributed by atoms with van der Waals surface area (Å²) in [5.41, 5.74) is 0.0159. The third-order valence-electron chi connectivity index (χ3n) is 4.63. The molecule has 32 heavy (non-hydrogen) atoms. The van der Waals surface area contributed by atoms with E-state index in [1.165, 1.54) is 14.1 Å². The summed E-state index contributed by atoms with van der Waals surface area (Å²) < 4.78 is 35.1. The van der Waals surface area contributed by atoms with Gasteiger partial charge in [-0.2, -0.15) is 17.0 Å². The fourth-order valence-corrected chi connectivity index (χ4v) is 4.32. The lowest BCUT2D eigenvalue weighted by Gasteiger charge is -2.28. The zero-order chi connectivity index (χ0) is 24.6. The molecule has 0 aliphatic rings. The van der Waals surface area contributed by atoms with Gasteiger partial charge in [0.1, 0.15) is 5.60 Å². The van der Waals surface area contributed by atoms with Crippen molar-refractivity contribution in [2.45, 2.75) is 53.6 Å². The molecule has 1 aromatic carbocycles. The summed E-state index contributed by atoms with van der Waals surface area (Å²) in [4.78, 5) is 25.7. The Bertz CT molecular complexity index is 1120. The fraction of sp³-hybridized carbons (Fsp3) is 0.545. The highest BCUT2D eigenvalue weighted by molar-refractivity contribution is 9.10. The molecule has 1 amide bonds. The lowest BCUT2D eigenvalue weighted by atomic mass is 9.95. The summed E-state index contributed by atoms with van der Waals surface area (Å²) in [7, 11) is -1.34. The number of amides is 1. The number of hydrogen-bond donors (Lipinski definition) is 0. The van der Waals surface area contributed by atoms with Crippen LogP contribution >= 0.6 is 15.9 Å². The van der Waals surface area contributed by atoms with Crippen molar-refractivity contribution in [3.8, 4) is 0 Å². The number of aromatic nitrogens is 1. The Balaban J connectivity index is 2.48. The van der Waals surface area contributed by atoms with Gasteiger partial charge >= 0.3 is 16.3 Å². The molecule has 0 saturated heterocycles. The lowest BCUT2D eigenvalue weighted by Crippen LogP contribution is -2.46. The minimum Gasteiger partial charge on any atom is -0.443 e. The molecule has 8 nitrogen and oxygen atoms in total. The predicted molar refractivity (Wildman–Crippen MR) is 129 cm³/mol. The normalized spacial score (nSPS) is 12.9. The highest BCUT2D eigenvalue weighted by Gasteiger charge is 2.33. The number of ether oxygens (including phenoxy) is 1. The fourth-order valence-electron chi connectivity index (χ4n) is 3.03. The van der Waals surface area contributed by atoms with E-state index in [1.54, 1.807) is 31.5 Å². The molecule has 0 fully saturated rings. The van der Waals surface area contributed by atoms with Crippen LogP contribution in [0.25, 0.3) is 10.9 Å². The average molecular weight is 530 g/mol. The van der Waals surface area contributed by atoms with E-state index < -0.39 is 27.3 Å². The van der Waals surface area contributed by atoms with Crippen LogP contribution in [0.3, 0.4) is 0 Å². The molecule has 0 atom stereocenters. The molecular formula is C22H32BrN3O5S. The molecule has 178 valence electrons. The maximum atomic E-state index is 13.0. The van der Waals surface area contributed by atoms with Gasteiger partial charge in [-0.25, -0.2) is 4.79 Å². The van der Waals surface area contributed by atoms with E-state index in [1.807, 2.05) is 39.0 Å². The molecule has 0 aliphatic heterocycles. The molecule has 2 aromatic rings. The molecule has 0 aliphatic carbocycles. The lowest BCUT2D eigenvalue weighted by molar-refractivity contribution is 0.0385. The van der Waals surface area contributed by atoms with Crippen molar-refractivity contribution >= 4 is 49.0 Å². The van der Waals surface area contributed by atoms with Crippen LogP contribution < -0.4 is 0 Å². The number of benzene rings is 1. The van der Waals surface area contributed by atoms with Crippen LogP contribution in [0, 0.1) is 5.41 Å². The molecule has 0 N–H and O–H groups in total. The number of fused-ring (bicyclic) bond motifs is 1. The van der Waals surface area contributed by atoms with Gasteiger partial charge in [0.2, 0.25) is 5.91 Å². The standard InChI is InChI=1S/C22H32BrN3O5S/c1-21(2,3)19(27)25-14-15(17-10-9-16(23)13-18(17)25)11-12-26(32(29,30)24(7)8)20(28)31-22(4,5)6/h9-10,13-14H,11-12H2,1-8H3. The summed E-state index contributed by atoms with van der Waals surface area (Å²) in [6.07, 6.45) is 0.998. The third kappa shape index (κ3) is 5.90. The van der Waals surface area contributed by atoms with E-state index in [9.17, 15) is 18.0 Å². The Morgan fingerprint density at radius 2 is 1.69 bits per heavy atom. The first-order valence-corrected chi connectivity index (χ1v) is 12.4. The Labute approximate surface area is 198 Å². The number of nitrogens with zero attached hydrogens (tertiary/aromatic N) is 3. The van der Waals surface area contributed by atoms with Crippen LogP contribution in [0.1, 0.15) is 51.9 Å². The second kappa shape index (κ2) is 9.15. The van der Waals surface area contributed by atoms with Crippen molar-refractivity contribution in [1.29, 1.82) is 0 Å². The van der Waals surface area contributed by atoms with Crippen molar-refractivity contribution in [2.24, 2.45) is 5.41 Å². The topological polar surface area (TPSA) is 88.9 Å². The van der Waals surface area contributed by atoms with E-state index in [-0.39, 0.29) is 18.9 Å². The summed E-state index contributed by atoms with van der Waals surface area (Å²) in [6.45, 7) is 10.4. The Kier molecular flexibility index (Phi) is 7.53. The summed E-state index contributed by atoms with van der Waals surface area (Å²) in [5.74, 6) is -0.0863. The van der Waals surface area contributed by atoms with Gasteiger partial charge in [0.25, 0.3) is 0 Å². The highest BCUT2D eigenvalue weighted by Crippen LogP contribution is 2.29. The molecule has 0 bridgehead atoms. The highest BCUT2D eigenvalue weighted by atomic mass is 79.9. The molecule has 10 heteroatoms. The molecule has 1 heterocycles. The van der Waals surface area contributed by atoms with E-state index in [2.05, 4.69) is 15.9 Å². The van der Waals surface area contributed by atoms with Crippen molar-refractivity contribution < 1.29 is 22.7 Å². The Morgan fingerprint density at radius 3 is 2.19 bits per heavy atom. The van der Waals surface area contributed by atoms with Crippen molar-refractivity contribution in [2.75, 3.05) is 20.6 Å². The van der Waals surface area contributed by atoms with Crippen molar-refractivity contribution in [3.05, 3.63) is 34.4 Å². The number of halogens is 1. The number of hydrogen-bond acceptors (Lipinski definition) is 5. The zero-order valence-electron chi connectivity index (χ0n) is 19.9. The first-order chi connectivity index (χ1) is 14.4. The Hall–Kier alpha value is -1.91. The van der Waals surface area contributed by atoms with Crippen molar-refractivity contribution in [1.82, 2.24) is 13.2 Å². The van der Waals surface area contributed by atoms with Gasteiger partial charge in [-0.3, -0.25) is 9.36 Å². The van der Waals surface area contributed by atoms with Crippen LogP contribution in [0.15, 0.2) is 28.9 Å². The van der Waals surface area contributed by atoms with Gasteiger partial charge in [-0.15, -0.1) is 0 Å². The summed E-state index contributed by atoms with van der Waals surface area (Å²) in [6, 6.07) is 5.59. The van der Waals surface area contributed by atoms with E-state index in [0.717, 1.165) is 24.0 Å². The minimum absolute atomic E-state index is 0.0863. The van der Waals surface area contributed by atoms with Gasteiger partial charge < -0.3 is 4.74 Å². The summed E-state index contributed by atoms with van der Waals surface area (Å²) in [5, 5.41) is 0.817. The largest absolute Gasteiger partial charge is 0.443 e. The second-order valence-electron chi connectivity index (χ2n) is 9.83. The maximum absolute atomic E-state index is 13.0. The van der Waals surface area contributed by atoms with Gasteiger partial charge in [-0.1, -0.05) is 42.8 Å². The van der Waals surface area contributed by atoms with Crippen LogP contribution in [0.2, 0.25) is 0 Å². The quantitative estimate of drug-likeness (QED) is 0.561. The second-order valence-corrected chi connectivity index (χ2v) is 12.8. The number of carbonyl (C=O) groups is 2. The molecule has 0 spiro atoms.